The number of anilines is 1. The van der Waals surface area contributed by atoms with Crippen LogP contribution in [-0.4, -0.2) is 21.5 Å². The Balaban J connectivity index is 2.71. The second kappa shape index (κ2) is 5.88. The van der Waals surface area contributed by atoms with E-state index in [1.54, 1.807) is 6.07 Å². The first-order chi connectivity index (χ1) is 8.43. The van der Waals surface area contributed by atoms with Crippen LogP contribution in [0.4, 0.5) is 5.82 Å². The zero-order valence-corrected chi connectivity index (χ0v) is 10.2. The van der Waals surface area contributed by atoms with Gasteiger partial charge in [0.2, 0.25) is 0 Å². The van der Waals surface area contributed by atoms with Crippen LogP contribution in [0.2, 0.25) is 0 Å². The number of aromatic nitrogens is 2. The highest BCUT2D eigenvalue weighted by atomic mass is 32.2. The van der Waals surface area contributed by atoms with Crippen LogP contribution in [0.5, 0.6) is 0 Å². The Morgan fingerprint density at radius 3 is 2.89 bits per heavy atom. The molecule has 0 aromatic carbocycles. The Hall–Kier alpha value is -2.27. The number of nitrogens with two attached hydrogens (primary N) is 2. The van der Waals surface area contributed by atoms with Crippen LogP contribution in [0.25, 0.3) is 0 Å². The number of hydrogen-bond acceptors (Lipinski definition) is 7. The molecule has 0 saturated carbocycles. The van der Waals surface area contributed by atoms with E-state index >= 15 is 0 Å². The van der Waals surface area contributed by atoms with Crippen molar-refractivity contribution in [1.29, 1.82) is 5.26 Å². The first-order valence-corrected chi connectivity index (χ1v) is 5.79. The summed E-state index contributed by atoms with van der Waals surface area (Å²) in [4.78, 5) is 29.0. The molecule has 5 N–H and O–H groups in total. The number of carbonyl (C=O) groups excluding carboxylic acids is 1. The molecule has 1 rings (SSSR count). The maximum Gasteiger partial charge on any atom is 0.253 e. The van der Waals surface area contributed by atoms with E-state index in [1.165, 1.54) is 0 Å². The molecule has 0 saturated heterocycles. The summed E-state index contributed by atoms with van der Waals surface area (Å²) in [7, 11) is 0. The number of ketones is 1. The van der Waals surface area contributed by atoms with Crippen LogP contribution in [0.1, 0.15) is 0 Å². The van der Waals surface area contributed by atoms with Gasteiger partial charge in [-0.1, -0.05) is 18.3 Å². The third-order valence-corrected chi connectivity index (χ3v) is 2.81. The first kappa shape index (κ1) is 13.8. The van der Waals surface area contributed by atoms with Crippen molar-refractivity contribution in [3.8, 4) is 6.07 Å². The van der Waals surface area contributed by atoms with Crippen LogP contribution in [0, 0.1) is 17.2 Å². The number of rotatable bonds is 5. The van der Waals surface area contributed by atoms with Crippen molar-refractivity contribution in [3.63, 3.8) is 0 Å². The molecule has 0 radical (unpaired) electrons. The van der Waals surface area contributed by atoms with E-state index in [4.69, 9.17) is 16.7 Å². The lowest BCUT2D eigenvalue weighted by atomic mass is 10.1. The lowest BCUT2D eigenvalue weighted by molar-refractivity contribution is -0.117. The number of H-pyrrole nitrogens is 1. The summed E-state index contributed by atoms with van der Waals surface area (Å²) in [6, 6.07) is 2.89. The maximum absolute atomic E-state index is 11.6. The second-order valence-electron chi connectivity index (χ2n) is 3.37. The lowest BCUT2D eigenvalue weighted by Gasteiger charge is -2.06. The number of allylic oxidation sites excluding steroid dienone is 1. The molecule has 0 aliphatic rings. The molecule has 1 aromatic rings. The fraction of sp³-hybridized carbons (Fsp3) is 0.200. The molecule has 0 spiro atoms. The van der Waals surface area contributed by atoms with Crippen molar-refractivity contribution in [2.45, 2.75) is 5.16 Å². The minimum atomic E-state index is -1.05. The number of nitrogen functional groups attached to an aromatic ring is 1. The van der Waals surface area contributed by atoms with Gasteiger partial charge in [-0.25, -0.2) is 4.98 Å². The van der Waals surface area contributed by atoms with Crippen LogP contribution < -0.4 is 17.0 Å². The highest BCUT2D eigenvalue weighted by Gasteiger charge is 2.19. The quantitative estimate of drug-likeness (QED) is 0.487. The molecule has 0 fully saturated rings. The number of nitrogens with zero attached hydrogens (tertiary/aromatic N) is 2. The van der Waals surface area contributed by atoms with E-state index < -0.39 is 17.3 Å². The number of carbonyl (C=O) groups is 1. The Morgan fingerprint density at radius 1 is 1.72 bits per heavy atom. The number of Topliss-reactive ketones (excluding diaryl/α,β-unsaturated/α-hetero) is 1. The van der Waals surface area contributed by atoms with Crippen LogP contribution in [0.3, 0.4) is 0 Å². The summed E-state index contributed by atoms with van der Waals surface area (Å²) in [6.07, 6.45) is 0. The second-order valence-corrected chi connectivity index (χ2v) is 4.33. The highest BCUT2D eigenvalue weighted by Crippen LogP contribution is 2.15. The van der Waals surface area contributed by atoms with Crippen molar-refractivity contribution in [2.75, 3.05) is 11.5 Å². The van der Waals surface area contributed by atoms with Crippen molar-refractivity contribution < 1.29 is 4.79 Å². The summed E-state index contributed by atoms with van der Waals surface area (Å²) in [5.74, 6) is -1.44. The Kier molecular flexibility index (Phi) is 4.51. The van der Waals surface area contributed by atoms with Crippen LogP contribution in [-0.2, 0) is 4.79 Å². The highest BCUT2D eigenvalue weighted by molar-refractivity contribution is 7.99. The molecule has 0 unspecified atom stereocenters. The predicted octanol–water partition coefficient (Wildman–Crippen LogP) is -0.375. The third-order valence-electron chi connectivity index (χ3n) is 1.91. The summed E-state index contributed by atoms with van der Waals surface area (Å²) in [6.45, 7) is 3.36. The fourth-order valence-corrected chi connectivity index (χ4v) is 1.89. The molecule has 1 atom stereocenters. The smallest absolute Gasteiger partial charge is 0.253 e. The Bertz CT molecular complexity index is 574. The molecular formula is C10H11N5O2S. The summed E-state index contributed by atoms with van der Waals surface area (Å²) >= 11 is 0.974. The van der Waals surface area contributed by atoms with Crippen molar-refractivity contribution in [3.05, 3.63) is 28.7 Å². The minimum Gasteiger partial charge on any atom is -0.401 e. The van der Waals surface area contributed by atoms with Gasteiger partial charge in [0.1, 0.15) is 11.7 Å². The molecule has 0 bridgehead atoms. The average molecular weight is 265 g/mol. The lowest BCUT2D eigenvalue weighted by Crippen LogP contribution is -2.21. The standard InChI is InChI=1S/C10H11N5O2S/c1-5(12)6(3-11)7(16)4-18-10-14-8(13)2-9(17)15-10/h2,6H,1,4,12H2,(H3,13,14,15,17)/t6-/m1/s1. The van der Waals surface area contributed by atoms with Gasteiger partial charge in [-0.3, -0.25) is 9.59 Å². The maximum atomic E-state index is 11.6. The first-order valence-electron chi connectivity index (χ1n) is 4.80. The molecule has 8 heteroatoms. The molecule has 7 nitrogen and oxygen atoms in total. The minimum absolute atomic E-state index is 0.00266. The summed E-state index contributed by atoms with van der Waals surface area (Å²) in [5.41, 5.74) is 10.3. The third kappa shape index (κ3) is 3.64. The number of nitriles is 1. The fourth-order valence-electron chi connectivity index (χ4n) is 1.11. The number of thioether (sulfide) groups is 1. The molecule has 0 aliphatic carbocycles. The van der Waals surface area contributed by atoms with Gasteiger partial charge in [-0.05, 0) is 0 Å². The van der Waals surface area contributed by atoms with Crippen LogP contribution >= 0.6 is 11.8 Å². The zero-order chi connectivity index (χ0) is 13.7. The number of aromatic amines is 1. The van der Waals surface area contributed by atoms with Gasteiger partial charge in [0, 0.05) is 11.8 Å². The molecule has 0 amide bonds. The number of nitrogens with one attached hydrogen (secondary N) is 1. The van der Waals surface area contributed by atoms with E-state index in [9.17, 15) is 9.59 Å². The van der Waals surface area contributed by atoms with Crippen molar-refractivity contribution in [2.24, 2.45) is 11.7 Å². The molecule has 94 valence electrons. The molecule has 1 heterocycles. The van der Waals surface area contributed by atoms with Crippen LogP contribution in [0.15, 0.2) is 28.3 Å². The van der Waals surface area contributed by atoms with Gasteiger partial charge in [0.15, 0.2) is 10.9 Å². The topological polar surface area (TPSA) is 139 Å². The summed E-state index contributed by atoms with van der Waals surface area (Å²) in [5, 5.41) is 8.95. The Labute approximate surface area is 107 Å². The molecule has 0 aliphatic heterocycles. The normalized spacial score (nSPS) is 11.5. The van der Waals surface area contributed by atoms with Gasteiger partial charge >= 0.3 is 0 Å². The van der Waals surface area contributed by atoms with E-state index in [0.29, 0.717) is 0 Å². The predicted molar refractivity (Wildman–Crippen MR) is 67.4 cm³/mol. The van der Waals surface area contributed by atoms with E-state index in [1.807, 2.05) is 0 Å². The molecule has 1 aromatic heterocycles. The SMILES string of the molecule is C=C(N)[C@@H](C#N)C(=O)CSc1nc(N)cc(=O)[nH]1. The summed E-state index contributed by atoms with van der Waals surface area (Å²) < 4.78 is 0. The van der Waals surface area contributed by atoms with Gasteiger partial charge in [0.25, 0.3) is 5.56 Å². The largest absolute Gasteiger partial charge is 0.401 e. The van der Waals surface area contributed by atoms with Crippen molar-refractivity contribution in [1.82, 2.24) is 9.97 Å². The van der Waals surface area contributed by atoms with Crippen molar-refractivity contribution >= 4 is 23.4 Å². The monoisotopic (exact) mass is 265 g/mol. The molecular weight excluding hydrogens is 254 g/mol. The zero-order valence-electron chi connectivity index (χ0n) is 9.34. The number of hydrogen-bond donors (Lipinski definition) is 3. The van der Waals surface area contributed by atoms with Gasteiger partial charge in [0.05, 0.1) is 11.8 Å². The van der Waals surface area contributed by atoms with E-state index in [0.717, 1.165) is 17.8 Å². The van der Waals surface area contributed by atoms with E-state index in [-0.39, 0.29) is 22.4 Å². The van der Waals surface area contributed by atoms with Gasteiger partial charge in [-0.2, -0.15) is 5.26 Å². The Morgan fingerprint density at radius 2 is 2.39 bits per heavy atom. The molecule has 18 heavy (non-hydrogen) atoms. The van der Waals surface area contributed by atoms with Gasteiger partial charge < -0.3 is 16.5 Å². The average Bonchev–Trinajstić information content (AvgIpc) is 2.25. The van der Waals surface area contributed by atoms with Gasteiger partial charge in [-0.15, -0.1) is 0 Å². The van der Waals surface area contributed by atoms with E-state index in [2.05, 4.69) is 16.5 Å².